The van der Waals surface area contributed by atoms with E-state index in [0.717, 1.165) is 0 Å². The van der Waals surface area contributed by atoms with Crippen LogP contribution in [0.15, 0.2) is 0 Å². The van der Waals surface area contributed by atoms with Crippen LogP contribution in [0, 0.1) is 5.41 Å². The molecular formula is C15H30N2O. The largest absolute Gasteiger partial charge is 0.381 e. The van der Waals surface area contributed by atoms with Gasteiger partial charge >= 0.3 is 0 Å². The summed E-state index contributed by atoms with van der Waals surface area (Å²) in [6.07, 6.45) is 8.41. The highest BCUT2D eigenvalue weighted by atomic mass is 16.5. The Labute approximate surface area is 112 Å². The van der Waals surface area contributed by atoms with Crippen LogP contribution in [0.4, 0.5) is 0 Å². The van der Waals surface area contributed by atoms with E-state index in [1.54, 1.807) is 0 Å². The number of rotatable bonds is 5. The Bertz CT molecular complexity index is 225. The maximum absolute atomic E-state index is 5.47. The van der Waals surface area contributed by atoms with Crippen LogP contribution in [-0.2, 0) is 4.74 Å². The number of piperidine rings is 2. The fourth-order valence-corrected chi connectivity index (χ4v) is 3.75. The van der Waals surface area contributed by atoms with Crippen molar-refractivity contribution >= 4 is 0 Å². The molecule has 2 fully saturated rings. The van der Waals surface area contributed by atoms with Gasteiger partial charge in [-0.05, 0) is 50.6 Å². The lowest BCUT2D eigenvalue weighted by Crippen LogP contribution is -2.47. The van der Waals surface area contributed by atoms with Crippen LogP contribution in [-0.4, -0.2) is 50.8 Å². The summed E-state index contributed by atoms with van der Waals surface area (Å²) in [4.78, 5) is 2.69. The van der Waals surface area contributed by atoms with Crippen LogP contribution in [0.5, 0.6) is 0 Å². The van der Waals surface area contributed by atoms with Crippen molar-refractivity contribution in [2.45, 2.75) is 51.6 Å². The molecular weight excluding hydrogens is 224 g/mol. The summed E-state index contributed by atoms with van der Waals surface area (Å²) in [6.45, 7) is 8.55. The highest BCUT2D eigenvalue weighted by Crippen LogP contribution is 2.35. The lowest BCUT2D eigenvalue weighted by molar-refractivity contribution is 0.0180. The van der Waals surface area contributed by atoms with Gasteiger partial charge in [-0.2, -0.15) is 0 Å². The van der Waals surface area contributed by atoms with E-state index in [2.05, 4.69) is 17.1 Å². The highest BCUT2D eigenvalue weighted by molar-refractivity contribution is 4.88. The van der Waals surface area contributed by atoms with Gasteiger partial charge in [0.15, 0.2) is 0 Å². The average Bonchev–Trinajstić information content (AvgIpc) is 2.41. The summed E-state index contributed by atoms with van der Waals surface area (Å²) in [7, 11) is 1.85. The molecule has 2 aliphatic rings. The Kier molecular flexibility index (Phi) is 5.46. The molecule has 106 valence electrons. The van der Waals surface area contributed by atoms with Crippen LogP contribution < -0.4 is 5.32 Å². The van der Waals surface area contributed by atoms with Crippen LogP contribution in [0.25, 0.3) is 0 Å². The second-order valence-corrected chi connectivity index (χ2v) is 6.21. The molecule has 0 atom stereocenters. The number of hydrogen-bond acceptors (Lipinski definition) is 3. The van der Waals surface area contributed by atoms with Crippen molar-refractivity contribution in [1.82, 2.24) is 10.2 Å². The standard InChI is InChI=1S/C15H30N2O/c1-3-6-15(7-9-16-10-8-15)13-17-11-4-14(18-2)5-12-17/h14,16H,3-13H2,1-2H3. The molecule has 2 heterocycles. The Hall–Kier alpha value is -0.120. The van der Waals surface area contributed by atoms with E-state index >= 15 is 0 Å². The predicted octanol–water partition coefficient (Wildman–Crippen LogP) is 2.27. The molecule has 18 heavy (non-hydrogen) atoms. The summed E-state index contributed by atoms with van der Waals surface area (Å²) in [5.74, 6) is 0. The molecule has 0 spiro atoms. The Morgan fingerprint density at radius 1 is 1.22 bits per heavy atom. The second-order valence-electron chi connectivity index (χ2n) is 6.21. The minimum atomic E-state index is 0.511. The van der Waals surface area contributed by atoms with Crippen molar-refractivity contribution in [3.63, 3.8) is 0 Å². The molecule has 3 heteroatoms. The zero-order valence-corrected chi connectivity index (χ0v) is 12.2. The summed E-state index contributed by atoms with van der Waals surface area (Å²) >= 11 is 0. The molecule has 0 amide bonds. The van der Waals surface area contributed by atoms with E-state index < -0.39 is 0 Å². The van der Waals surface area contributed by atoms with Crippen molar-refractivity contribution in [3.05, 3.63) is 0 Å². The molecule has 0 aliphatic carbocycles. The summed E-state index contributed by atoms with van der Waals surface area (Å²) in [5.41, 5.74) is 0.597. The quantitative estimate of drug-likeness (QED) is 0.814. The fourth-order valence-electron chi connectivity index (χ4n) is 3.75. The average molecular weight is 254 g/mol. The maximum Gasteiger partial charge on any atom is 0.0595 e. The van der Waals surface area contributed by atoms with Crippen LogP contribution in [0.1, 0.15) is 45.4 Å². The normalized spacial score (nSPS) is 26.3. The van der Waals surface area contributed by atoms with Gasteiger partial charge < -0.3 is 15.0 Å². The Balaban J connectivity index is 1.85. The number of likely N-dealkylation sites (tertiary alicyclic amines) is 1. The van der Waals surface area contributed by atoms with Gasteiger partial charge in [0.05, 0.1) is 6.10 Å². The smallest absolute Gasteiger partial charge is 0.0595 e. The number of nitrogens with zero attached hydrogens (tertiary/aromatic N) is 1. The zero-order chi connectivity index (χ0) is 12.8. The molecule has 2 saturated heterocycles. The third kappa shape index (κ3) is 3.69. The SMILES string of the molecule is CCCC1(CN2CCC(OC)CC2)CCNCC1. The minimum absolute atomic E-state index is 0.511. The summed E-state index contributed by atoms with van der Waals surface area (Å²) in [6, 6.07) is 0. The van der Waals surface area contributed by atoms with E-state index in [1.165, 1.54) is 71.2 Å². The third-order valence-corrected chi connectivity index (χ3v) is 4.87. The van der Waals surface area contributed by atoms with Crippen molar-refractivity contribution in [1.29, 1.82) is 0 Å². The maximum atomic E-state index is 5.47. The van der Waals surface area contributed by atoms with Gasteiger partial charge in [-0.15, -0.1) is 0 Å². The first-order valence-electron chi connectivity index (χ1n) is 7.74. The monoisotopic (exact) mass is 254 g/mol. The van der Waals surface area contributed by atoms with Gasteiger partial charge in [-0.1, -0.05) is 13.3 Å². The van der Waals surface area contributed by atoms with E-state index in [4.69, 9.17) is 4.74 Å². The van der Waals surface area contributed by atoms with E-state index in [1.807, 2.05) is 7.11 Å². The summed E-state index contributed by atoms with van der Waals surface area (Å²) in [5, 5.41) is 3.51. The van der Waals surface area contributed by atoms with Gasteiger partial charge in [0.1, 0.15) is 0 Å². The molecule has 2 rings (SSSR count). The van der Waals surface area contributed by atoms with Crippen molar-refractivity contribution < 1.29 is 4.74 Å². The van der Waals surface area contributed by atoms with Crippen molar-refractivity contribution in [2.75, 3.05) is 39.8 Å². The minimum Gasteiger partial charge on any atom is -0.381 e. The lowest BCUT2D eigenvalue weighted by atomic mass is 9.74. The van der Waals surface area contributed by atoms with Gasteiger partial charge in [-0.3, -0.25) is 0 Å². The number of methoxy groups -OCH3 is 1. The molecule has 3 nitrogen and oxygen atoms in total. The fraction of sp³-hybridized carbons (Fsp3) is 1.00. The van der Waals surface area contributed by atoms with Gasteiger partial charge in [0.2, 0.25) is 0 Å². The lowest BCUT2D eigenvalue weighted by Gasteiger charge is -2.43. The van der Waals surface area contributed by atoms with E-state index in [9.17, 15) is 0 Å². The first-order chi connectivity index (χ1) is 8.78. The number of hydrogen-bond donors (Lipinski definition) is 1. The summed E-state index contributed by atoms with van der Waals surface area (Å²) < 4.78 is 5.47. The second kappa shape index (κ2) is 6.88. The first kappa shape index (κ1) is 14.3. The molecule has 0 radical (unpaired) electrons. The highest BCUT2D eigenvalue weighted by Gasteiger charge is 2.34. The van der Waals surface area contributed by atoms with Crippen molar-refractivity contribution in [3.8, 4) is 0 Å². The van der Waals surface area contributed by atoms with Gasteiger partial charge in [-0.25, -0.2) is 0 Å². The number of ether oxygens (including phenoxy) is 1. The first-order valence-corrected chi connectivity index (χ1v) is 7.74. The topological polar surface area (TPSA) is 24.5 Å². The van der Waals surface area contributed by atoms with Crippen LogP contribution in [0.3, 0.4) is 0 Å². The molecule has 1 N–H and O–H groups in total. The molecule has 0 aromatic heterocycles. The Morgan fingerprint density at radius 2 is 1.89 bits per heavy atom. The van der Waals surface area contributed by atoms with Crippen molar-refractivity contribution in [2.24, 2.45) is 5.41 Å². The molecule has 0 aromatic rings. The molecule has 0 saturated carbocycles. The van der Waals surface area contributed by atoms with Gasteiger partial charge in [0.25, 0.3) is 0 Å². The molecule has 0 aromatic carbocycles. The Morgan fingerprint density at radius 3 is 2.44 bits per heavy atom. The van der Waals surface area contributed by atoms with Gasteiger partial charge in [0, 0.05) is 26.7 Å². The number of nitrogens with one attached hydrogen (secondary N) is 1. The van der Waals surface area contributed by atoms with E-state index in [-0.39, 0.29) is 0 Å². The van der Waals surface area contributed by atoms with Crippen LogP contribution in [0.2, 0.25) is 0 Å². The zero-order valence-electron chi connectivity index (χ0n) is 12.2. The third-order valence-electron chi connectivity index (χ3n) is 4.87. The predicted molar refractivity (Wildman–Crippen MR) is 75.9 cm³/mol. The van der Waals surface area contributed by atoms with Crippen LogP contribution >= 0.6 is 0 Å². The van der Waals surface area contributed by atoms with E-state index in [0.29, 0.717) is 11.5 Å². The molecule has 0 bridgehead atoms. The molecule has 0 unspecified atom stereocenters. The molecule has 2 aliphatic heterocycles.